The normalized spacial score (nSPS) is 10.3. The number of nitrogens with one attached hydrogen (secondary N) is 1. The van der Waals surface area contributed by atoms with Crippen molar-refractivity contribution in [3.05, 3.63) is 29.3 Å². The summed E-state index contributed by atoms with van der Waals surface area (Å²) in [5.74, 6) is 0. The Kier molecular flexibility index (Phi) is 6.38. The van der Waals surface area contributed by atoms with E-state index < -0.39 is 11.7 Å². The molecule has 0 saturated heterocycles. The van der Waals surface area contributed by atoms with Crippen molar-refractivity contribution in [2.24, 2.45) is 0 Å². The highest BCUT2D eigenvalue weighted by molar-refractivity contribution is 5.89. The molecule has 0 aromatic heterocycles. The van der Waals surface area contributed by atoms with Gasteiger partial charge in [0.05, 0.1) is 5.56 Å². The van der Waals surface area contributed by atoms with Crippen molar-refractivity contribution >= 4 is 11.7 Å². The molecule has 108 valence electrons. The molecule has 0 unspecified atom stereocenters. The minimum Gasteiger partial charge on any atom is -0.331 e. The van der Waals surface area contributed by atoms with Gasteiger partial charge in [0.15, 0.2) is 0 Å². The van der Waals surface area contributed by atoms with E-state index >= 15 is 0 Å². The molecule has 1 N–H and O–H groups in total. The number of alkyl halides is 3. The monoisotopic (exact) mass is 276 g/mol. The number of anilines is 1. The van der Waals surface area contributed by atoms with E-state index in [0.29, 0.717) is 11.3 Å². The molecule has 0 saturated carbocycles. The second-order valence-electron chi connectivity index (χ2n) is 3.85. The third-order valence-electron chi connectivity index (χ3n) is 2.20. The van der Waals surface area contributed by atoms with E-state index in [1.54, 1.807) is 14.1 Å². The summed E-state index contributed by atoms with van der Waals surface area (Å²) in [6, 6.07) is 2.82. The Balaban J connectivity index is 0.00000154. The van der Waals surface area contributed by atoms with Crippen molar-refractivity contribution in [3.8, 4) is 0 Å². The summed E-state index contributed by atoms with van der Waals surface area (Å²) in [5, 5.41) is 2.51. The lowest BCUT2D eigenvalue weighted by molar-refractivity contribution is -0.137. The van der Waals surface area contributed by atoms with Crippen LogP contribution in [-0.2, 0) is 6.18 Å². The van der Waals surface area contributed by atoms with E-state index in [2.05, 4.69) is 5.32 Å². The van der Waals surface area contributed by atoms with E-state index in [-0.39, 0.29) is 6.03 Å². The van der Waals surface area contributed by atoms with Crippen LogP contribution in [-0.4, -0.2) is 25.0 Å². The highest BCUT2D eigenvalue weighted by Crippen LogP contribution is 2.31. The van der Waals surface area contributed by atoms with Crippen LogP contribution in [0.4, 0.5) is 23.7 Å². The summed E-state index contributed by atoms with van der Waals surface area (Å²) in [7, 11) is 3.10. The first-order valence-corrected chi connectivity index (χ1v) is 5.88. The van der Waals surface area contributed by atoms with Crippen LogP contribution in [0.2, 0.25) is 0 Å². The zero-order valence-electron chi connectivity index (χ0n) is 11.7. The van der Waals surface area contributed by atoms with Gasteiger partial charge in [0.2, 0.25) is 0 Å². The lowest BCUT2D eigenvalue weighted by Gasteiger charge is -2.15. The van der Waals surface area contributed by atoms with Gasteiger partial charge in [0.1, 0.15) is 0 Å². The number of rotatable bonds is 1. The molecule has 0 aliphatic rings. The lowest BCUT2D eigenvalue weighted by atomic mass is 10.1. The van der Waals surface area contributed by atoms with Crippen molar-refractivity contribution in [2.45, 2.75) is 26.9 Å². The number of urea groups is 1. The second-order valence-corrected chi connectivity index (χ2v) is 3.85. The van der Waals surface area contributed by atoms with E-state index in [0.717, 1.165) is 12.1 Å². The maximum atomic E-state index is 12.4. The van der Waals surface area contributed by atoms with Gasteiger partial charge in [0, 0.05) is 19.8 Å². The van der Waals surface area contributed by atoms with E-state index in [9.17, 15) is 18.0 Å². The average molecular weight is 276 g/mol. The van der Waals surface area contributed by atoms with Crippen molar-refractivity contribution < 1.29 is 18.0 Å². The summed E-state index contributed by atoms with van der Waals surface area (Å²) in [5.41, 5.74) is 0.0181. The number of hydrogen-bond acceptors (Lipinski definition) is 1. The molecule has 0 heterocycles. The van der Waals surface area contributed by atoms with Crippen LogP contribution < -0.4 is 5.32 Å². The summed E-state index contributed by atoms with van der Waals surface area (Å²) in [6.07, 6.45) is -4.37. The largest absolute Gasteiger partial charge is 0.416 e. The molecular weight excluding hydrogens is 257 g/mol. The highest BCUT2D eigenvalue weighted by atomic mass is 19.4. The number of carbonyl (C=O) groups excluding carboxylic acids is 1. The first-order chi connectivity index (χ1) is 8.71. The fraction of sp³-hybridized carbons (Fsp3) is 0.462. The van der Waals surface area contributed by atoms with Crippen LogP contribution >= 0.6 is 0 Å². The quantitative estimate of drug-likeness (QED) is 0.821. The molecule has 1 aromatic rings. The number of benzene rings is 1. The Morgan fingerprint density at radius 3 is 2.11 bits per heavy atom. The van der Waals surface area contributed by atoms with E-state index in [1.165, 1.54) is 17.9 Å². The molecule has 6 heteroatoms. The summed E-state index contributed by atoms with van der Waals surface area (Å²) in [6.45, 7) is 5.51. The summed E-state index contributed by atoms with van der Waals surface area (Å²) >= 11 is 0. The minimum atomic E-state index is -4.37. The van der Waals surface area contributed by atoms with Crippen LogP contribution in [0.3, 0.4) is 0 Å². The number of aryl methyl sites for hydroxylation is 1. The number of hydrogen-bond donors (Lipinski definition) is 1. The SMILES string of the molecule is CC.Cc1cc(C(F)(F)F)ccc1NC(=O)N(C)C. The van der Waals surface area contributed by atoms with E-state index in [1.807, 2.05) is 13.8 Å². The average Bonchev–Trinajstić information content (AvgIpc) is 2.32. The third kappa shape index (κ3) is 5.19. The Morgan fingerprint density at radius 2 is 1.74 bits per heavy atom. The smallest absolute Gasteiger partial charge is 0.331 e. The van der Waals surface area contributed by atoms with Crippen LogP contribution in [0.5, 0.6) is 0 Å². The zero-order valence-corrected chi connectivity index (χ0v) is 11.7. The Bertz CT molecular complexity index is 428. The van der Waals surface area contributed by atoms with Crippen molar-refractivity contribution in [3.63, 3.8) is 0 Å². The van der Waals surface area contributed by atoms with E-state index in [4.69, 9.17) is 0 Å². The maximum absolute atomic E-state index is 12.4. The highest BCUT2D eigenvalue weighted by Gasteiger charge is 2.30. The van der Waals surface area contributed by atoms with Crippen LogP contribution in [0.15, 0.2) is 18.2 Å². The minimum absolute atomic E-state index is 0.370. The Labute approximate surface area is 111 Å². The molecule has 1 rings (SSSR count). The number of amides is 2. The molecule has 19 heavy (non-hydrogen) atoms. The predicted octanol–water partition coefficient (Wildman–Crippen LogP) is 4.13. The van der Waals surface area contributed by atoms with Gasteiger partial charge in [-0.05, 0) is 30.7 Å². The van der Waals surface area contributed by atoms with Gasteiger partial charge in [0.25, 0.3) is 0 Å². The Hall–Kier alpha value is -1.72. The fourth-order valence-electron chi connectivity index (χ4n) is 1.21. The van der Waals surface area contributed by atoms with Crippen LogP contribution in [0.1, 0.15) is 25.0 Å². The standard InChI is InChI=1S/C11H13F3N2O.C2H6/c1-7-6-8(11(12,13)14)4-5-9(7)15-10(17)16(2)3;1-2/h4-6H,1-3H3,(H,15,17);1-2H3. The topological polar surface area (TPSA) is 32.3 Å². The second kappa shape index (κ2) is 7.01. The fourth-order valence-corrected chi connectivity index (χ4v) is 1.21. The van der Waals surface area contributed by atoms with Gasteiger partial charge in [-0.3, -0.25) is 0 Å². The molecule has 0 bridgehead atoms. The van der Waals surface area contributed by atoms with Gasteiger partial charge in [-0.2, -0.15) is 13.2 Å². The molecule has 1 aromatic carbocycles. The first-order valence-electron chi connectivity index (χ1n) is 5.88. The molecule has 0 spiro atoms. The van der Waals surface area contributed by atoms with Crippen LogP contribution in [0.25, 0.3) is 0 Å². The summed E-state index contributed by atoms with van der Waals surface area (Å²) in [4.78, 5) is 12.6. The molecule has 0 radical (unpaired) electrons. The number of nitrogens with zero attached hydrogens (tertiary/aromatic N) is 1. The van der Waals surface area contributed by atoms with Crippen LogP contribution in [0, 0.1) is 6.92 Å². The van der Waals surface area contributed by atoms with Crippen molar-refractivity contribution in [2.75, 3.05) is 19.4 Å². The van der Waals surface area contributed by atoms with Gasteiger partial charge >= 0.3 is 12.2 Å². The van der Waals surface area contributed by atoms with Crippen molar-refractivity contribution in [1.82, 2.24) is 4.90 Å². The molecule has 0 atom stereocenters. The molecule has 0 aliphatic heterocycles. The van der Waals surface area contributed by atoms with Gasteiger partial charge < -0.3 is 10.2 Å². The van der Waals surface area contributed by atoms with Gasteiger partial charge in [-0.15, -0.1) is 0 Å². The third-order valence-corrected chi connectivity index (χ3v) is 2.20. The Morgan fingerprint density at radius 1 is 1.21 bits per heavy atom. The van der Waals surface area contributed by atoms with Gasteiger partial charge in [-0.25, -0.2) is 4.79 Å². The molecule has 3 nitrogen and oxygen atoms in total. The first kappa shape index (κ1) is 17.3. The van der Waals surface area contributed by atoms with Crippen molar-refractivity contribution in [1.29, 1.82) is 0 Å². The maximum Gasteiger partial charge on any atom is 0.416 e. The summed E-state index contributed by atoms with van der Waals surface area (Å²) < 4.78 is 37.2. The number of carbonyl (C=O) groups is 1. The molecule has 2 amide bonds. The zero-order chi connectivity index (χ0) is 15.2. The molecular formula is C13H19F3N2O. The lowest BCUT2D eigenvalue weighted by Crippen LogP contribution is -2.27. The number of halogens is 3. The molecule has 0 fully saturated rings. The molecule has 0 aliphatic carbocycles. The van der Waals surface area contributed by atoms with Gasteiger partial charge in [-0.1, -0.05) is 13.8 Å². The predicted molar refractivity (Wildman–Crippen MR) is 70.2 cm³/mol.